The van der Waals surface area contributed by atoms with E-state index < -0.39 is 0 Å². The molecule has 7 heteroatoms. The molecule has 0 spiro atoms. The van der Waals surface area contributed by atoms with Crippen LogP contribution in [0.1, 0.15) is 16.1 Å². The van der Waals surface area contributed by atoms with Crippen LogP contribution in [0.4, 0.5) is 0 Å². The molecule has 28 heavy (non-hydrogen) atoms. The van der Waals surface area contributed by atoms with Crippen molar-refractivity contribution in [1.29, 1.82) is 0 Å². The second kappa shape index (κ2) is 8.43. The Labute approximate surface area is 177 Å². The zero-order chi connectivity index (χ0) is 19.5. The summed E-state index contributed by atoms with van der Waals surface area (Å²) in [6.07, 6.45) is 1.88. The van der Waals surface area contributed by atoms with Gasteiger partial charge in [-0.05, 0) is 19.9 Å². The van der Waals surface area contributed by atoms with Crippen molar-refractivity contribution in [1.82, 2.24) is 19.7 Å². The fourth-order valence-electron chi connectivity index (χ4n) is 2.80. The highest BCUT2D eigenvalue weighted by molar-refractivity contribution is 7.98. The molecule has 0 amide bonds. The molecule has 0 fully saturated rings. The fourth-order valence-corrected chi connectivity index (χ4v) is 5.26. The fraction of sp³-hybridized carbons (Fsp3) is 0.190. The van der Waals surface area contributed by atoms with Gasteiger partial charge < -0.3 is 0 Å². The van der Waals surface area contributed by atoms with Crippen molar-refractivity contribution >= 4 is 34.4 Å². The third-order valence-corrected chi connectivity index (χ3v) is 7.02. The molecule has 0 aliphatic rings. The summed E-state index contributed by atoms with van der Waals surface area (Å²) < 4.78 is 2.12. The highest BCUT2D eigenvalue weighted by atomic mass is 32.2. The van der Waals surface area contributed by atoms with Crippen molar-refractivity contribution in [3.63, 3.8) is 0 Å². The maximum atomic E-state index is 4.79. The first-order valence-electron chi connectivity index (χ1n) is 8.88. The van der Waals surface area contributed by atoms with Crippen LogP contribution in [0.2, 0.25) is 0 Å². The Morgan fingerprint density at radius 2 is 1.89 bits per heavy atom. The maximum Gasteiger partial charge on any atom is 0.192 e. The molecule has 4 nitrogen and oxygen atoms in total. The van der Waals surface area contributed by atoms with Crippen LogP contribution in [-0.4, -0.2) is 19.7 Å². The average molecular weight is 425 g/mol. The van der Waals surface area contributed by atoms with Gasteiger partial charge in [0.2, 0.25) is 0 Å². The first-order valence-corrected chi connectivity index (χ1v) is 11.6. The van der Waals surface area contributed by atoms with Crippen LogP contribution >= 0.6 is 34.4 Å². The topological polar surface area (TPSA) is 43.6 Å². The Kier molecular flexibility index (Phi) is 5.75. The molecule has 0 bridgehead atoms. The molecule has 0 saturated heterocycles. The molecular weight excluding hydrogens is 404 g/mol. The monoisotopic (exact) mass is 424 g/mol. The summed E-state index contributed by atoms with van der Waals surface area (Å²) in [4.78, 5) is 6.06. The number of aryl methyl sites for hydroxylation is 2. The molecule has 142 valence electrons. The van der Waals surface area contributed by atoms with Crippen molar-refractivity contribution in [2.45, 2.75) is 31.3 Å². The minimum Gasteiger partial charge on any atom is -0.298 e. The van der Waals surface area contributed by atoms with Gasteiger partial charge in [-0.25, -0.2) is 4.98 Å². The first-order chi connectivity index (χ1) is 13.6. The number of thiophene rings is 1. The number of nitrogens with zero attached hydrogens (tertiary/aromatic N) is 4. The zero-order valence-corrected chi connectivity index (χ0v) is 18.2. The number of thioether (sulfide) groups is 1. The predicted molar refractivity (Wildman–Crippen MR) is 120 cm³/mol. The van der Waals surface area contributed by atoms with Crippen molar-refractivity contribution in [2.24, 2.45) is 0 Å². The van der Waals surface area contributed by atoms with Crippen molar-refractivity contribution < 1.29 is 0 Å². The maximum absolute atomic E-state index is 4.79. The molecule has 4 rings (SSSR count). The number of thiazole rings is 1. The van der Waals surface area contributed by atoms with Crippen LogP contribution in [0.5, 0.6) is 0 Å². The number of aromatic nitrogens is 4. The third kappa shape index (κ3) is 4.11. The lowest BCUT2D eigenvalue weighted by molar-refractivity contribution is 0.731. The van der Waals surface area contributed by atoms with Gasteiger partial charge in [-0.1, -0.05) is 47.7 Å². The zero-order valence-electron chi connectivity index (χ0n) is 15.8. The van der Waals surface area contributed by atoms with E-state index in [0.717, 1.165) is 38.6 Å². The van der Waals surface area contributed by atoms with Gasteiger partial charge in [-0.3, -0.25) is 4.57 Å². The quantitative estimate of drug-likeness (QED) is 0.261. The Balaban J connectivity index is 1.51. The lowest BCUT2D eigenvalue weighted by Gasteiger charge is -2.06. The second-order valence-electron chi connectivity index (χ2n) is 6.45. The third-order valence-electron chi connectivity index (χ3n) is 4.22. The minimum absolute atomic E-state index is 0.686. The molecule has 3 heterocycles. The van der Waals surface area contributed by atoms with Gasteiger partial charge in [0.15, 0.2) is 11.0 Å². The largest absolute Gasteiger partial charge is 0.298 e. The van der Waals surface area contributed by atoms with Gasteiger partial charge in [-0.15, -0.1) is 39.4 Å². The molecule has 0 unspecified atom stereocenters. The molecular formula is C21H20N4S3. The standard InChI is InChI=1S/C21H20N4S3/c1-4-9-25-19(17-10-15(3)26-11-17)23-24-21(25)28-13-18-12-27-20(22-18)16-7-5-14(2)6-8-16/h4-8,10-12H,1,9,13H2,2-3H3. The molecule has 0 atom stereocenters. The summed E-state index contributed by atoms with van der Waals surface area (Å²) >= 11 is 5.07. The van der Waals surface area contributed by atoms with Crippen LogP contribution in [0, 0.1) is 13.8 Å². The van der Waals surface area contributed by atoms with Gasteiger partial charge in [-0.2, -0.15) is 0 Å². The van der Waals surface area contributed by atoms with E-state index >= 15 is 0 Å². The van der Waals surface area contributed by atoms with Gasteiger partial charge in [0.25, 0.3) is 0 Å². The highest BCUT2D eigenvalue weighted by Crippen LogP contribution is 2.30. The Bertz CT molecular complexity index is 1090. The van der Waals surface area contributed by atoms with E-state index in [1.54, 1.807) is 34.4 Å². The molecule has 0 radical (unpaired) electrons. The lowest BCUT2D eigenvalue weighted by atomic mass is 10.2. The summed E-state index contributed by atoms with van der Waals surface area (Å²) in [5, 5.41) is 15.0. The predicted octanol–water partition coefficient (Wildman–Crippen LogP) is 6.23. The smallest absolute Gasteiger partial charge is 0.192 e. The Morgan fingerprint density at radius 1 is 1.07 bits per heavy atom. The van der Waals surface area contributed by atoms with Crippen LogP contribution in [0.25, 0.3) is 22.0 Å². The van der Waals surface area contributed by atoms with Gasteiger partial charge in [0.05, 0.1) is 5.69 Å². The van der Waals surface area contributed by atoms with E-state index in [4.69, 9.17) is 4.98 Å². The van der Waals surface area contributed by atoms with E-state index in [0.29, 0.717) is 6.54 Å². The molecule has 0 aliphatic carbocycles. The average Bonchev–Trinajstić information content (AvgIpc) is 3.41. The van der Waals surface area contributed by atoms with E-state index in [2.05, 4.69) is 76.3 Å². The SMILES string of the molecule is C=CCn1c(SCc2csc(-c3ccc(C)cc3)n2)nnc1-c1csc(C)c1. The molecule has 0 saturated carbocycles. The molecule has 3 aromatic heterocycles. The van der Waals surface area contributed by atoms with E-state index in [1.807, 2.05) is 6.08 Å². The highest BCUT2D eigenvalue weighted by Gasteiger charge is 2.15. The minimum atomic E-state index is 0.686. The number of hydrogen-bond acceptors (Lipinski definition) is 6. The van der Waals surface area contributed by atoms with Crippen LogP contribution < -0.4 is 0 Å². The summed E-state index contributed by atoms with van der Waals surface area (Å²) in [7, 11) is 0. The summed E-state index contributed by atoms with van der Waals surface area (Å²) in [6, 6.07) is 10.6. The van der Waals surface area contributed by atoms with Crippen molar-refractivity contribution in [3.8, 4) is 22.0 Å². The van der Waals surface area contributed by atoms with Gasteiger partial charge >= 0.3 is 0 Å². The van der Waals surface area contributed by atoms with Crippen LogP contribution in [-0.2, 0) is 12.3 Å². The molecule has 0 N–H and O–H groups in total. The lowest BCUT2D eigenvalue weighted by Crippen LogP contribution is -2.00. The summed E-state index contributed by atoms with van der Waals surface area (Å²) in [6.45, 7) is 8.77. The molecule has 4 aromatic rings. The molecule has 1 aromatic carbocycles. The van der Waals surface area contributed by atoms with Crippen LogP contribution in [0.15, 0.2) is 58.9 Å². The van der Waals surface area contributed by atoms with Crippen molar-refractivity contribution in [3.05, 3.63) is 69.9 Å². The number of rotatable bonds is 7. The van der Waals surface area contributed by atoms with Crippen LogP contribution in [0.3, 0.4) is 0 Å². The number of benzene rings is 1. The summed E-state index contributed by atoms with van der Waals surface area (Å²) in [5.41, 5.74) is 4.59. The number of hydrogen-bond donors (Lipinski definition) is 0. The molecule has 0 aliphatic heterocycles. The van der Waals surface area contributed by atoms with E-state index in [-0.39, 0.29) is 0 Å². The number of allylic oxidation sites excluding steroid dienone is 1. The first kappa shape index (κ1) is 19.1. The van der Waals surface area contributed by atoms with E-state index in [9.17, 15) is 0 Å². The van der Waals surface area contributed by atoms with Gasteiger partial charge in [0, 0.05) is 39.1 Å². The Morgan fingerprint density at radius 3 is 2.61 bits per heavy atom. The second-order valence-corrected chi connectivity index (χ2v) is 9.37. The normalized spacial score (nSPS) is 11.1. The van der Waals surface area contributed by atoms with E-state index in [1.165, 1.54) is 10.4 Å². The van der Waals surface area contributed by atoms with Crippen molar-refractivity contribution in [2.75, 3.05) is 0 Å². The summed E-state index contributed by atoms with van der Waals surface area (Å²) in [5.74, 6) is 1.66. The Hall–Kier alpha value is -2.22. The van der Waals surface area contributed by atoms with Gasteiger partial charge in [0.1, 0.15) is 5.01 Å².